The summed E-state index contributed by atoms with van der Waals surface area (Å²) >= 11 is 0. The van der Waals surface area contributed by atoms with Gasteiger partial charge in [-0.05, 0) is 56.5 Å². The molecule has 1 aliphatic heterocycles. The predicted molar refractivity (Wildman–Crippen MR) is 105 cm³/mol. The lowest BCUT2D eigenvalue weighted by Crippen LogP contribution is -2.29. The number of pyridine rings is 2. The number of carbonyl (C=O) groups is 1. The number of nitrogens with zero attached hydrogens (tertiary/aromatic N) is 3. The Morgan fingerprint density at radius 3 is 2.65 bits per heavy atom. The number of hydrogen-bond donors (Lipinski definition) is 1. The van der Waals surface area contributed by atoms with E-state index in [9.17, 15) is 4.79 Å². The molecular weight excluding hydrogens is 324 g/mol. The minimum absolute atomic E-state index is 0.0287. The van der Waals surface area contributed by atoms with E-state index in [4.69, 9.17) is 0 Å². The van der Waals surface area contributed by atoms with Crippen LogP contribution in [0.1, 0.15) is 31.7 Å². The molecule has 4 heterocycles. The Hall–Kier alpha value is -2.95. The van der Waals surface area contributed by atoms with E-state index < -0.39 is 0 Å². The minimum Gasteiger partial charge on any atom is -0.357 e. The average Bonchev–Trinajstić information content (AvgIpc) is 3.09. The molecule has 1 saturated heterocycles. The third-order valence-corrected chi connectivity index (χ3v) is 4.82. The molecular formula is C21H22N4O. The van der Waals surface area contributed by atoms with Crippen molar-refractivity contribution in [3.63, 3.8) is 0 Å². The molecule has 0 bridgehead atoms. The highest BCUT2D eigenvalue weighted by molar-refractivity contribution is 5.96. The molecule has 1 aliphatic rings. The summed E-state index contributed by atoms with van der Waals surface area (Å²) in [6.07, 6.45) is 12.9. The van der Waals surface area contributed by atoms with Crippen molar-refractivity contribution in [3.05, 3.63) is 48.4 Å². The van der Waals surface area contributed by atoms with Crippen LogP contribution in [0.3, 0.4) is 0 Å². The lowest BCUT2D eigenvalue weighted by molar-refractivity contribution is -0.112. The van der Waals surface area contributed by atoms with Gasteiger partial charge in [0.15, 0.2) is 5.78 Å². The fraction of sp³-hybridized carbons (Fsp3) is 0.286. The Bertz CT molecular complexity index is 950. The molecule has 0 aliphatic carbocycles. The van der Waals surface area contributed by atoms with Crippen molar-refractivity contribution in [3.8, 4) is 11.1 Å². The lowest BCUT2D eigenvalue weighted by atomic mass is 10.1. The first-order chi connectivity index (χ1) is 12.7. The number of rotatable bonds is 4. The van der Waals surface area contributed by atoms with Gasteiger partial charge < -0.3 is 9.88 Å². The molecule has 0 unspecified atom stereocenters. The summed E-state index contributed by atoms with van der Waals surface area (Å²) in [5.41, 5.74) is 3.84. The molecule has 3 aromatic rings. The van der Waals surface area contributed by atoms with Crippen LogP contribution in [0.2, 0.25) is 0 Å². The van der Waals surface area contributed by atoms with Crippen molar-refractivity contribution in [1.29, 1.82) is 0 Å². The molecule has 26 heavy (non-hydrogen) atoms. The fourth-order valence-electron chi connectivity index (χ4n) is 3.39. The van der Waals surface area contributed by atoms with Gasteiger partial charge in [0, 0.05) is 53.8 Å². The molecule has 5 heteroatoms. The second-order valence-electron chi connectivity index (χ2n) is 6.76. The van der Waals surface area contributed by atoms with Gasteiger partial charge in [0.25, 0.3) is 0 Å². The van der Waals surface area contributed by atoms with E-state index >= 15 is 0 Å². The first-order valence-electron chi connectivity index (χ1n) is 9.08. The number of anilines is 1. The van der Waals surface area contributed by atoms with E-state index in [-0.39, 0.29) is 5.78 Å². The van der Waals surface area contributed by atoms with Gasteiger partial charge in [-0.3, -0.25) is 4.79 Å². The first kappa shape index (κ1) is 16.5. The second-order valence-corrected chi connectivity index (χ2v) is 6.76. The van der Waals surface area contributed by atoms with Crippen molar-refractivity contribution >= 4 is 28.7 Å². The summed E-state index contributed by atoms with van der Waals surface area (Å²) in [5, 5.41) is 1.00. The van der Waals surface area contributed by atoms with E-state index in [0.717, 1.165) is 46.6 Å². The molecule has 0 aromatic carbocycles. The summed E-state index contributed by atoms with van der Waals surface area (Å²) < 4.78 is 0. The molecule has 0 radical (unpaired) electrons. The largest absolute Gasteiger partial charge is 0.357 e. The van der Waals surface area contributed by atoms with Crippen LogP contribution in [-0.2, 0) is 4.79 Å². The third-order valence-electron chi connectivity index (χ3n) is 4.82. The monoisotopic (exact) mass is 346 g/mol. The molecule has 1 fully saturated rings. The highest BCUT2D eigenvalue weighted by Crippen LogP contribution is 2.26. The molecule has 0 spiro atoms. The topological polar surface area (TPSA) is 61.9 Å². The number of allylic oxidation sites excluding steroid dienone is 1. The molecule has 4 rings (SSSR count). The molecule has 0 saturated carbocycles. The number of fused-ring (bicyclic) bond motifs is 1. The highest BCUT2D eigenvalue weighted by atomic mass is 16.1. The number of ketones is 1. The Morgan fingerprint density at radius 2 is 1.92 bits per heavy atom. The third kappa shape index (κ3) is 3.38. The molecule has 5 nitrogen and oxygen atoms in total. The molecule has 0 atom stereocenters. The quantitative estimate of drug-likeness (QED) is 0.719. The van der Waals surface area contributed by atoms with Crippen LogP contribution < -0.4 is 4.90 Å². The smallest absolute Gasteiger partial charge is 0.152 e. The van der Waals surface area contributed by atoms with Crippen molar-refractivity contribution in [2.24, 2.45) is 0 Å². The van der Waals surface area contributed by atoms with Gasteiger partial charge >= 0.3 is 0 Å². The normalized spacial score (nSPS) is 15.0. The number of H-pyrrole nitrogens is 1. The van der Waals surface area contributed by atoms with Gasteiger partial charge in [0.2, 0.25) is 0 Å². The van der Waals surface area contributed by atoms with Gasteiger partial charge in [-0.25, -0.2) is 9.97 Å². The first-order valence-corrected chi connectivity index (χ1v) is 9.08. The van der Waals surface area contributed by atoms with Crippen molar-refractivity contribution in [2.75, 3.05) is 18.0 Å². The summed E-state index contributed by atoms with van der Waals surface area (Å²) in [4.78, 5) is 25.9. The van der Waals surface area contributed by atoms with Gasteiger partial charge in [-0.1, -0.05) is 0 Å². The number of nitrogens with one attached hydrogen (secondary N) is 1. The number of aromatic amines is 1. The SMILES string of the molecule is CC(=O)/C=C/c1c[nH]c2ncc(-c3ccc(N4CCCCC4)nc3)cc12. The zero-order valence-electron chi connectivity index (χ0n) is 14.9. The van der Waals surface area contributed by atoms with E-state index in [1.54, 1.807) is 13.0 Å². The van der Waals surface area contributed by atoms with Crippen LogP contribution in [0.25, 0.3) is 28.2 Å². The van der Waals surface area contributed by atoms with Gasteiger partial charge in [-0.2, -0.15) is 0 Å². The van der Waals surface area contributed by atoms with E-state index in [1.165, 1.54) is 19.3 Å². The Balaban J connectivity index is 1.63. The van der Waals surface area contributed by atoms with Crippen LogP contribution in [0.4, 0.5) is 5.82 Å². The Labute approximate surface area is 152 Å². The van der Waals surface area contributed by atoms with Gasteiger partial charge in [0.1, 0.15) is 11.5 Å². The van der Waals surface area contributed by atoms with Crippen LogP contribution >= 0.6 is 0 Å². The van der Waals surface area contributed by atoms with Crippen LogP contribution in [0.5, 0.6) is 0 Å². The second kappa shape index (κ2) is 7.12. The number of carbonyl (C=O) groups excluding carboxylic acids is 1. The van der Waals surface area contributed by atoms with Crippen molar-refractivity contribution in [2.45, 2.75) is 26.2 Å². The maximum atomic E-state index is 11.2. The highest BCUT2D eigenvalue weighted by Gasteiger charge is 2.12. The maximum Gasteiger partial charge on any atom is 0.152 e. The average molecular weight is 346 g/mol. The Morgan fingerprint density at radius 1 is 1.12 bits per heavy atom. The molecule has 132 valence electrons. The van der Waals surface area contributed by atoms with Gasteiger partial charge in [-0.15, -0.1) is 0 Å². The van der Waals surface area contributed by atoms with Crippen LogP contribution in [0, 0.1) is 0 Å². The minimum atomic E-state index is 0.0287. The molecule has 1 N–H and O–H groups in total. The number of hydrogen-bond acceptors (Lipinski definition) is 4. The standard InChI is InChI=1S/C21H22N4O/c1-15(26)5-6-17-13-23-21-19(17)11-18(14-24-21)16-7-8-20(22-12-16)25-9-3-2-4-10-25/h5-8,11-14H,2-4,9-10H2,1H3,(H,23,24)/b6-5+. The maximum absolute atomic E-state index is 11.2. The zero-order valence-corrected chi connectivity index (χ0v) is 14.9. The summed E-state index contributed by atoms with van der Waals surface area (Å²) in [6.45, 7) is 3.73. The summed E-state index contributed by atoms with van der Waals surface area (Å²) in [5.74, 6) is 1.08. The number of piperidine rings is 1. The Kier molecular flexibility index (Phi) is 4.52. The molecule has 3 aromatic heterocycles. The van der Waals surface area contributed by atoms with E-state index in [0.29, 0.717) is 0 Å². The summed E-state index contributed by atoms with van der Waals surface area (Å²) in [7, 11) is 0. The predicted octanol–water partition coefficient (Wildman–Crippen LogP) is 4.22. The van der Waals surface area contributed by atoms with E-state index in [2.05, 4.69) is 38.1 Å². The van der Waals surface area contributed by atoms with Crippen LogP contribution in [-0.4, -0.2) is 33.8 Å². The lowest BCUT2D eigenvalue weighted by Gasteiger charge is -2.27. The number of aromatic nitrogens is 3. The van der Waals surface area contributed by atoms with E-state index in [1.807, 2.05) is 24.7 Å². The summed E-state index contributed by atoms with van der Waals surface area (Å²) in [6, 6.07) is 6.30. The van der Waals surface area contributed by atoms with Gasteiger partial charge in [0.05, 0.1) is 0 Å². The van der Waals surface area contributed by atoms with Crippen molar-refractivity contribution < 1.29 is 4.79 Å². The van der Waals surface area contributed by atoms with Crippen LogP contribution in [0.15, 0.2) is 42.9 Å². The zero-order chi connectivity index (χ0) is 17.9. The fourth-order valence-corrected chi connectivity index (χ4v) is 3.39. The molecule has 0 amide bonds. The van der Waals surface area contributed by atoms with Crippen molar-refractivity contribution in [1.82, 2.24) is 15.0 Å².